The zero-order valence-electron chi connectivity index (χ0n) is 12.7. The minimum atomic E-state index is -0.485. The first-order valence-electron chi connectivity index (χ1n) is 7.11. The van der Waals surface area contributed by atoms with E-state index in [9.17, 15) is 9.90 Å². The van der Waals surface area contributed by atoms with Crippen LogP contribution in [0.4, 0.5) is 10.5 Å². The molecule has 3 rings (SSSR count). The molecule has 0 saturated carbocycles. The topological polar surface area (TPSA) is 86.9 Å². The third-order valence-electron chi connectivity index (χ3n) is 3.31. The normalized spacial score (nSPS) is 11.5. The fourth-order valence-electron chi connectivity index (χ4n) is 2.18. The van der Waals surface area contributed by atoms with Crippen LogP contribution in [0.3, 0.4) is 0 Å². The molecule has 2 amide bonds. The third kappa shape index (κ3) is 3.75. The van der Waals surface area contributed by atoms with Crippen molar-refractivity contribution in [1.29, 1.82) is 0 Å². The number of anilines is 1. The van der Waals surface area contributed by atoms with Gasteiger partial charge in [0.25, 0.3) is 0 Å². The first-order chi connectivity index (χ1) is 11.5. The van der Waals surface area contributed by atoms with Gasteiger partial charge in [-0.25, -0.2) is 10.2 Å². The summed E-state index contributed by atoms with van der Waals surface area (Å²) in [5.74, 6) is 0.101. The number of fused-ring (bicyclic) bond motifs is 1. The van der Waals surface area contributed by atoms with Crippen LogP contribution in [0.1, 0.15) is 5.56 Å². The summed E-state index contributed by atoms with van der Waals surface area (Å²) in [6.45, 7) is 1.90. The maximum Gasteiger partial charge on any atom is 0.339 e. The lowest BCUT2D eigenvalue weighted by molar-refractivity contribution is 0.251. The lowest BCUT2D eigenvalue weighted by Crippen LogP contribution is -2.26. The molecule has 0 radical (unpaired) electrons. The van der Waals surface area contributed by atoms with Gasteiger partial charge in [-0.05, 0) is 48.9 Å². The molecule has 7 heteroatoms. The highest BCUT2D eigenvalue weighted by atomic mass is 79.9. The molecule has 1 heterocycles. The van der Waals surface area contributed by atoms with Crippen molar-refractivity contribution in [3.05, 3.63) is 64.1 Å². The van der Waals surface area contributed by atoms with E-state index in [-0.39, 0.29) is 11.3 Å². The van der Waals surface area contributed by atoms with Crippen LogP contribution in [0.2, 0.25) is 0 Å². The molecular formula is C17H14BrN3O3. The van der Waals surface area contributed by atoms with Gasteiger partial charge < -0.3 is 14.8 Å². The monoisotopic (exact) mass is 387 g/mol. The van der Waals surface area contributed by atoms with E-state index >= 15 is 0 Å². The fraction of sp³-hybridized carbons (Fsp3) is 0.0588. The third-order valence-corrected chi connectivity index (χ3v) is 3.84. The second kappa shape index (κ2) is 6.76. The standard InChI is InChI=1S/C17H14BrN3O3/c1-10-8-16(24-15-9-13(22)6-7-14(10)15)20-21-17(23)19-12-4-2-11(18)3-5-12/h2-9,22H,1H3,(H2,19,21,23)/b20-16+. The van der Waals surface area contributed by atoms with Gasteiger partial charge in [0.1, 0.15) is 11.3 Å². The van der Waals surface area contributed by atoms with Gasteiger partial charge in [-0.15, -0.1) is 5.10 Å². The molecule has 1 aromatic heterocycles. The number of benzene rings is 2. The van der Waals surface area contributed by atoms with E-state index < -0.39 is 6.03 Å². The zero-order chi connectivity index (χ0) is 17.1. The molecule has 0 saturated heterocycles. The van der Waals surface area contributed by atoms with Gasteiger partial charge in [0, 0.05) is 27.7 Å². The number of nitrogens with one attached hydrogen (secondary N) is 2. The van der Waals surface area contributed by atoms with Crippen LogP contribution >= 0.6 is 15.9 Å². The molecule has 0 bridgehead atoms. The summed E-state index contributed by atoms with van der Waals surface area (Å²) in [7, 11) is 0. The molecule has 122 valence electrons. The highest BCUT2D eigenvalue weighted by molar-refractivity contribution is 9.10. The largest absolute Gasteiger partial charge is 0.508 e. The van der Waals surface area contributed by atoms with Gasteiger partial charge in [-0.3, -0.25) is 0 Å². The summed E-state index contributed by atoms with van der Waals surface area (Å²) < 4.78 is 6.49. The van der Waals surface area contributed by atoms with Crippen molar-refractivity contribution < 1.29 is 14.3 Å². The maximum absolute atomic E-state index is 11.9. The molecular weight excluding hydrogens is 374 g/mol. The predicted molar refractivity (Wildman–Crippen MR) is 94.5 cm³/mol. The lowest BCUT2D eigenvalue weighted by atomic mass is 10.1. The SMILES string of the molecule is Cc1c/c(=N\NC(=O)Nc2ccc(Br)cc2)oc2cc(O)ccc12. The summed E-state index contributed by atoms with van der Waals surface area (Å²) in [4.78, 5) is 11.9. The molecule has 0 fully saturated rings. The molecule has 0 aliphatic rings. The number of nitrogens with zero attached hydrogens (tertiary/aromatic N) is 1. The number of halogens is 1. The molecule has 3 aromatic rings. The van der Waals surface area contributed by atoms with E-state index in [1.165, 1.54) is 6.07 Å². The summed E-state index contributed by atoms with van der Waals surface area (Å²) in [5, 5.41) is 17.0. The number of aromatic hydroxyl groups is 1. The Morgan fingerprint density at radius 3 is 2.67 bits per heavy atom. The predicted octanol–water partition coefficient (Wildman–Crippen LogP) is 3.85. The van der Waals surface area contributed by atoms with Gasteiger partial charge in [-0.2, -0.15) is 0 Å². The van der Waals surface area contributed by atoms with Crippen molar-refractivity contribution in [3.8, 4) is 5.75 Å². The molecule has 3 N–H and O–H groups in total. The average Bonchev–Trinajstić information content (AvgIpc) is 2.55. The number of hydrogen-bond donors (Lipinski definition) is 3. The van der Waals surface area contributed by atoms with Crippen LogP contribution in [0.5, 0.6) is 5.75 Å². The quantitative estimate of drug-likeness (QED) is 0.583. The molecule has 0 aliphatic heterocycles. The van der Waals surface area contributed by atoms with Crippen molar-refractivity contribution in [2.45, 2.75) is 6.92 Å². The Balaban J connectivity index is 1.79. The first-order valence-corrected chi connectivity index (χ1v) is 7.90. The van der Waals surface area contributed by atoms with Crippen LogP contribution in [0, 0.1) is 6.92 Å². The number of phenolic OH excluding ortho intramolecular Hbond substituents is 1. The van der Waals surface area contributed by atoms with Crippen LogP contribution in [-0.4, -0.2) is 11.1 Å². The number of aryl methyl sites for hydroxylation is 1. The Hall–Kier alpha value is -2.80. The van der Waals surface area contributed by atoms with Crippen LogP contribution in [0.15, 0.2) is 62.5 Å². The molecule has 0 unspecified atom stereocenters. The van der Waals surface area contributed by atoms with Crippen molar-refractivity contribution in [1.82, 2.24) is 5.43 Å². The van der Waals surface area contributed by atoms with Gasteiger partial charge in [0.15, 0.2) is 0 Å². The average molecular weight is 388 g/mol. The number of carbonyl (C=O) groups excluding carboxylic acids is 1. The van der Waals surface area contributed by atoms with Crippen molar-refractivity contribution in [2.75, 3.05) is 5.32 Å². The van der Waals surface area contributed by atoms with Crippen LogP contribution < -0.4 is 16.3 Å². The lowest BCUT2D eigenvalue weighted by Gasteiger charge is -2.04. The van der Waals surface area contributed by atoms with Gasteiger partial charge in [-0.1, -0.05) is 15.9 Å². The Labute approximate surface area is 145 Å². The number of amides is 2. The number of phenols is 1. The van der Waals surface area contributed by atoms with Crippen molar-refractivity contribution >= 4 is 38.6 Å². The van der Waals surface area contributed by atoms with E-state index in [1.54, 1.807) is 30.3 Å². The Kier molecular flexibility index (Phi) is 4.52. The molecule has 0 aliphatic carbocycles. The first kappa shape index (κ1) is 16.1. The number of carbonyl (C=O) groups is 1. The zero-order valence-corrected chi connectivity index (χ0v) is 14.3. The second-order valence-corrected chi connectivity index (χ2v) is 6.05. The van der Waals surface area contributed by atoms with Gasteiger partial charge in [0.05, 0.1) is 0 Å². The summed E-state index contributed by atoms with van der Waals surface area (Å²) >= 11 is 3.33. The van der Waals surface area contributed by atoms with E-state index in [0.717, 1.165) is 15.4 Å². The highest BCUT2D eigenvalue weighted by Crippen LogP contribution is 2.20. The maximum atomic E-state index is 11.9. The molecule has 2 aromatic carbocycles. The van der Waals surface area contributed by atoms with Crippen LogP contribution in [-0.2, 0) is 0 Å². The van der Waals surface area contributed by atoms with E-state index in [4.69, 9.17) is 4.42 Å². The molecule has 0 spiro atoms. The van der Waals surface area contributed by atoms with Crippen molar-refractivity contribution in [3.63, 3.8) is 0 Å². The van der Waals surface area contributed by atoms with Crippen molar-refractivity contribution in [2.24, 2.45) is 5.10 Å². The summed E-state index contributed by atoms with van der Waals surface area (Å²) in [6, 6.07) is 13.2. The highest BCUT2D eigenvalue weighted by Gasteiger charge is 2.03. The Morgan fingerprint density at radius 2 is 1.92 bits per heavy atom. The summed E-state index contributed by atoms with van der Waals surface area (Å²) in [5.41, 5.74) is 4.66. The Morgan fingerprint density at radius 1 is 1.17 bits per heavy atom. The number of rotatable bonds is 2. The number of hydrogen-bond acceptors (Lipinski definition) is 4. The smallest absolute Gasteiger partial charge is 0.339 e. The number of urea groups is 1. The minimum absolute atomic E-state index is 0.101. The van der Waals surface area contributed by atoms with Crippen LogP contribution in [0.25, 0.3) is 11.0 Å². The molecule has 0 atom stereocenters. The van der Waals surface area contributed by atoms with E-state index in [1.807, 2.05) is 19.1 Å². The molecule has 6 nitrogen and oxygen atoms in total. The van der Waals surface area contributed by atoms with E-state index in [2.05, 4.69) is 31.8 Å². The second-order valence-electron chi connectivity index (χ2n) is 5.13. The van der Waals surface area contributed by atoms with E-state index in [0.29, 0.717) is 11.3 Å². The van der Waals surface area contributed by atoms with Gasteiger partial charge in [0.2, 0.25) is 5.55 Å². The van der Waals surface area contributed by atoms with Gasteiger partial charge >= 0.3 is 6.03 Å². The molecule has 24 heavy (non-hydrogen) atoms. The Bertz CT molecular complexity index is 965. The minimum Gasteiger partial charge on any atom is -0.508 e. The summed E-state index contributed by atoms with van der Waals surface area (Å²) in [6.07, 6.45) is 0. The fourth-order valence-corrected chi connectivity index (χ4v) is 2.44.